The van der Waals surface area contributed by atoms with Crippen LogP contribution in [-0.4, -0.2) is 35.8 Å². The molecule has 1 aliphatic rings. The minimum atomic E-state index is -1.17. The molecule has 300 valence electrons. The molecule has 12 nitrogen and oxygen atoms in total. The summed E-state index contributed by atoms with van der Waals surface area (Å²) in [6.07, 6.45) is 0. The monoisotopic (exact) mass is 924 g/mol. The highest BCUT2D eigenvalue weighted by Crippen LogP contribution is 2.35. The van der Waals surface area contributed by atoms with Gasteiger partial charge in [-0.15, -0.1) is 0 Å². The lowest BCUT2D eigenvalue weighted by Crippen LogP contribution is -2.20. The van der Waals surface area contributed by atoms with Crippen LogP contribution in [0.25, 0.3) is 0 Å². The lowest BCUT2D eigenvalue weighted by Gasteiger charge is -2.16. The van der Waals surface area contributed by atoms with Crippen molar-refractivity contribution in [1.82, 2.24) is 0 Å². The van der Waals surface area contributed by atoms with Crippen LogP contribution in [0, 0.1) is 0 Å². The summed E-state index contributed by atoms with van der Waals surface area (Å²) < 4.78 is 33.6. The summed E-state index contributed by atoms with van der Waals surface area (Å²) in [5.41, 5.74) is -2.36. The zero-order chi connectivity index (χ0) is 42.8. The van der Waals surface area contributed by atoms with Crippen LogP contribution in [0.1, 0.15) is 62.1 Å². The Kier molecular flexibility index (Phi) is 12.3. The lowest BCUT2D eigenvalue weighted by molar-refractivity contribution is 0.0687. The summed E-state index contributed by atoms with van der Waals surface area (Å²) in [7, 11) is 0. The van der Waals surface area contributed by atoms with E-state index in [2.05, 4.69) is 0 Å². The van der Waals surface area contributed by atoms with E-state index in [9.17, 15) is 28.8 Å². The van der Waals surface area contributed by atoms with Gasteiger partial charge in [-0.05, 0) is 109 Å². The van der Waals surface area contributed by atoms with Crippen molar-refractivity contribution >= 4 is 105 Å². The Morgan fingerprint density at radius 1 is 0.233 bits per heavy atom. The van der Waals surface area contributed by atoms with E-state index in [1.54, 1.807) is 0 Å². The Morgan fingerprint density at radius 2 is 0.367 bits per heavy atom. The van der Waals surface area contributed by atoms with E-state index < -0.39 is 69.2 Å². The minimum Gasteiger partial charge on any atom is -0.422 e. The molecule has 0 spiro atoms. The summed E-state index contributed by atoms with van der Waals surface area (Å²) in [4.78, 5) is 82.6. The number of ether oxygens (including phenoxy) is 6. The van der Waals surface area contributed by atoms with Crippen molar-refractivity contribution in [2.75, 3.05) is 0 Å². The molecule has 0 aromatic heterocycles. The fourth-order valence-electron chi connectivity index (χ4n) is 5.43. The van der Waals surface area contributed by atoms with Crippen molar-refractivity contribution < 1.29 is 57.2 Å². The number of hydrogen-bond acceptors (Lipinski definition) is 12. The van der Waals surface area contributed by atoms with Gasteiger partial charge in [0.25, 0.3) is 0 Å². The van der Waals surface area contributed by atoms with Gasteiger partial charge in [0.2, 0.25) is 0 Å². The van der Waals surface area contributed by atoms with Gasteiger partial charge < -0.3 is 28.4 Å². The molecule has 60 heavy (non-hydrogen) atoms. The van der Waals surface area contributed by atoms with Crippen LogP contribution in [0.2, 0.25) is 30.1 Å². The zero-order valence-electron chi connectivity index (χ0n) is 29.6. The molecule has 0 N–H and O–H groups in total. The number of esters is 6. The molecule has 6 aromatic carbocycles. The van der Waals surface area contributed by atoms with Gasteiger partial charge in [0, 0.05) is 30.1 Å². The average molecular weight is 927 g/mol. The summed E-state index contributed by atoms with van der Waals surface area (Å²) in [5.74, 6) is -9.28. The predicted molar refractivity (Wildman–Crippen MR) is 218 cm³/mol. The molecule has 18 heteroatoms. The first-order chi connectivity index (χ1) is 28.6. The molecule has 1 aliphatic heterocycles. The molecule has 0 saturated carbocycles. The lowest BCUT2D eigenvalue weighted by atomic mass is 10.1. The Hall–Kier alpha value is -6.12. The highest BCUT2D eigenvalue weighted by molar-refractivity contribution is 6.33. The normalized spacial score (nSPS) is 13.5. The van der Waals surface area contributed by atoms with Crippen LogP contribution in [0.5, 0.6) is 34.5 Å². The average Bonchev–Trinajstić information content (AvgIpc) is 3.21. The standard InChI is InChI=1S/C42H18Cl6O12/c43-19-1-7-31-25(13-19)37(49)56-33-9-3-21(45)15-27(33)39(51)58-35-11-5-23(47)17-29(35)41(53)60-36-12-6-24(48)18-30(36)42(54)59-34-10-4-22(46)16-28(34)40(52)57-32-8-2-20(44)14-26(32)38(50)55-31/h1-18H. The van der Waals surface area contributed by atoms with Crippen LogP contribution >= 0.6 is 69.6 Å². The van der Waals surface area contributed by atoms with Crippen LogP contribution in [0.4, 0.5) is 0 Å². The summed E-state index contributed by atoms with van der Waals surface area (Å²) in [6, 6.07) is 21.7. The number of fused-ring (bicyclic) bond motifs is 6. The summed E-state index contributed by atoms with van der Waals surface area (Å²) >= 11 is 37.3. The second-order valence-electron chi connectivity index (χ2n) is 12.2. The van der Waals surface area contributed by atoms with Gasteiger partial charge in [0.1, 0.15) is 67.9 Å². The van der Waals surface area contributed by atoms with Crippen molar-refractivity contribution in [1.29, 1.82) is 0 Å². The van der Waals surface area contributed by atoms with Crippen molar-refractivity contribution in [3.8, 4) is 34.5 Å². The Balaban J connectivity index is 1.37. The maximum absolute atomic E-state index is 13.8. The van der Waals surface area contributed by atoms with Crippen LogP contribution in [-0.2, 0) is 0 Å². The van der Waals surface area contributed by atoms with E-state index in [-0.39, 0.29) is 64.6 Å². The topological polar surface area (TPSA) is 158 Å². The molecule has 0 bridgehead atoms. The number of halogens is 6. The van der Waals surface area contributed by atoms with E-state index >= 15 is 0 Å². The highest BCUT2D eigenvalue weighted by atomic mass is 35.5. The Morgan fingerprint density at radius 3 is 0.500 bits per heavy atom. The van der Waals surface area contributed by atoms with Gasteiger partial charge in [0.15, 0.2) is 0 Å². The smallest absolute Gasteiger partial charge is 0.347 e. The maximum atomic E-state index is 13.8. The molecule has 0 radical (unpaired) electrons. The molecule has 0 fully saturated rings. The summed E-state index contributed by atoms with van der Waals surface area (Å²) in [6.45, 7) is 0. The zero-order valence-corrected chi connectivity index (χ0v) is 34.1. The molecule has 0 aliphatic carbocycles. The third kappa shape index (κ3) is 9.35. The number of hydrogen-bond donors (Lipinski definition) is 0. The minimum absolute atomic E-state index is 0.0222. The van der Waals surface area contributed by atoms with E-state index in [0.717, 1.165) is 36.4 Å². The first kappa shape index (κ1) is 42.0. The Labute approximate surface area is 367 Å². The van der Waals surface area contributed by atoms with Gasteiger partial charge in [-0.2, -0.15) is 0 Å². The predicted octanol–water partition coefficient (Wildman–Crippen LogP) is 11.2. The SMILES string of the molecule is O=C1Oc2ccc(Cl)cc2C(=O)Oc2ccc(Cl)cc2C(=O)Oc2ccc(Cl)cc2C(=O)Oc2ccc(Cl)cc2C(=O)Oc2ccc(Cl)cc2C(=O)Oc2ccc(Cl)cc21. The van der Waals surface area contributed by atoms with Crippen molar-refractivity contribution in [3.05, 3.63) is 173 Å². The van der Waals surface area contributed by atoms with Crippen molar-refractivity contribution in [3.63, 3.8) is 0 Å². The Bertz CT molecular complexity index is 2330. The summed E-state index contributed by atoms with van der Waals surface area (Å²) in [5, 5.41) is 0.133. The van der Waals surface area contributed by atoms with Crippen LogP contribution in [0.15, 0.2) is 109 Å². The molecular formula is C42H18Cl6O12. The molecule has 0 amide bonds. The fraction of sp³-hybridized carbons (Fsp3) is 0. The van der Waals surface area contributed by atoms with Gasteiger partial charge in [0.05, 0.1) is 0 Å². The first-order valence-electron chi connectivity index (χ1n) is 16.7. The van der Waals surface area contributed by atoms with E-state index in [1.807, 2.05) is 0 Å². The second kappa shape index (κ2) is 17.6. The first-order valence-corrected chi connectivity index (χ1v) is 19.0. The third-order valence-corrected chi connectivity index (χ3v) is 9.60. The quantitative estimate of drug-likeness (QED) is 0.105. The molecule has 6 aromatic rings. The van der Waals surface area contributed by atoms with Gasteiger partial charge in [-0.3, -0.25) is 0 Å². The molecular weight excluding hydrogens is 909 g/mol. The molecule has 0 unspecified atom stereocenters. The number of carbonyl (C=O) groups excluding carboxylic acids is 6. The van der Waals surface area contributed by atoms with Gasteiger partial charge in [-0.1, -0.05) is 69.6 Å². The van der Waals surface area contributed by atoms with Crippen LogP contribution < -0.4 is 28.4 Å². The van der Waals surface area contributed by atoms with Crippen molar-refractivity contribution in [2.45, 2.75) is 0 Å². The molecule has 1 heterocycles. The van der Waals surface area contributed by atoms with Gasteiger partial charge >= 0.3 is 35.8 Å². The number of carbonyl (C=O) groups is 6. The molecule has 7 rings (SSSR count). The largest absolute Gasteiger partial charge is 0.422 e. The van der Waals surface area contributed by atoms with Crippen LogP contribution in [0.3, 0.4) is 0 Å². The van der Waals surface area contributed by atoms with Crippen molar-refractivity contribution in [2.24, 2.45) is 0 Å². The maximum Gasteiger partial charge on any atom is 0.347 e. The van der Waals surface area contributed by atoms with E-state index in [0.29, 0.717) is 0 Å². The highest BCUT2D eigenvalue weighted by Gasteiger charge is 2.29. The number of benzene rings is 6. The fourth-order valence-corrected chi connectivity index (χ4v) is 6.47. The van der Waals surface area contributed by atoms with E-state index in [1.165, 1.54) is 72.8 Å². The molecule has 0 atom stereocenters. The third-order valence-electron chi connectivity index (χ3n) is 8.19. The molecule has 0 saturated heterocycles. The number of rotatable bonds is 0. The van der Waals surface area contributed by atoms with E-state index in [4.69, 9.17) is 98.0 Å². The second-order valence-corrected chi connectivity index (χ2v) is 14.8. The van der Waals surface area contributed by atoms with Gasteiger partial charge in [-0.25, -0.2) is 28.8 Å².